The van der Waals surface area contributed by atoms with Crippen LogP contribution in [0.5, 0.6) is 0 Å². The van der Waals surface area contributed by atoms with E-state index in [9.17, 15) is 13.2 Å². The molecule has 1 aliphatic rings. The van der Waals surface area contributed by atoms with Crippen molar-refractivity contribution in [1.29, 1.82) is 0 Å². The van der Waals surface area contributed by atoms with Gasteiger partial charge in [0.25, 0.3) is 5.91 Å². The molecule has 0 aromatic heterocycles. The molecule has 22 heavy (non-hydrogen) atoms. The fourth-order valence-electron chi connectivity index (χ4n) is 2.94. The zero-order valence-corrected chi connectivity index (χ0v) is 14.2. The Hall–Kier alpha value is -1.40. The molecule has 1 heterocycles. The van der Waals surface area contributed by atoms with Gasteiger partial charge in [-0.2, -0.15) is 0 Å². The summed E-state index contributed by atoms with van der Waals surface area (Å²) >= 11 is 0. The van der Waals surface area contributed by atoms with E-state index >= 15 is 0 Å². The second kappa shape index (κ2) is 6.38. The average molecular weight is 324 g/mol. The standard InChI is InChI=1S/C16H24N2O3S/c1-11-6-7-13(9-15(11)22(3,20)21)16(19)18-8-4-5-14(10-18)12(2)17/h6-7,9,12,14H,4-5,8,10,17H2,1-3H3. The first-order chi connectivity index (χ1) is 10.2. The molecule has 1 aromatic rings. The molecule has 2 rings (SSSR count). The highest BCUT2D eigenvalue weighted by atomic mass is 32.2. The molecular weight excluding hydrogens is 300 g/mol. The van der Waals surface area contributed by atoms with Crippen LogP contribution in [0.15, 0.2) is 23.1 Å². The van der Waals surface area contributed by atoms with E-state index in [4.69, 9.17) is 5.73 Å². The molecule has 2 unspecified atom stereocenters. The van der Waals surface area contributed by atoms with Crippen molar-refractivity contribution < 1.29 is 13.2 Å². The molecular formula is C16H24N2O3S. The van der Waals surface area contributed by atoms with Gasteiger partial charge in [0, 0.05) is 31.0 Å². The second-order valence-electron chi connectivity index (χ2n) is 6.27. The minimum Gasteiger partial charge on any atom is -0.338 e. The first-order valence-corrected chi connectivity index (χ1v) is 9.45. The van der Waals surface area contributed by atoms with Crippen molar-refractivity contribution in [3.05, 3.63) is 29.3 Å². The molecule has 1 aliphatic heterocycles. The lowest BCUT2D eigenvalue weighted by Gasteiger charge is -2.34. The molecule has 0 saturated carbocycles. The van der Waals surface area contributed by atoms with Gasteiger partial charge in [0.15, 0.2) is 9.84 Å². The molecule has 0 bridgehead atoms. The number of nitrogens with zero attached hydrogens (tertiary/aromatic N) is 1. The van der Waals surface area contributed by atoms with Gasteiger partial charge in [-0.1, -0.05) is 6.07 Å². The monoisotopic (exact) mass is 324 g/mol. The maximum Gasteiger partial charge on any atom is 0.253 e. The molecule has 1 fully saturated rings. The highest BCUT2D eigenvalue weighted by Crippen LogP contribution is 2.22. The van der Waals surface area contributed by atoms with Crippen LogP contribution < -0.4 is 5.73 Å². The summed E-state index contributed by atoms with van der Waals surface area (Å²) < 4.78 is 23.6. The fraction of sp³-hybridized carbons (Fsp3) is 0.562. The third-order valence-electron chi connectivity index (χ3n) is 4.32. The number of hydrogen-bond donors (Lipinski definition) is 1. The lowest BCUT2D eigenvalue weighted by atomic mass is 9.92. The number of amides is 1. The lowest BCUT2D eigenvalue weighted by molar-refractivity contribution is 0.0660. The summed E-state index contributed by atoms with van der Waals surface area (Å²) in [5.41, 5.74) is 7.04. The first kappa shape index (κ1) is 17.0. The number of rotatable bonds is 3. The zero-order valence-electron chi connectivity index (χ0n) is 13.4. The number of carbonyl (C=O) groups excluding carboxylic acids is 1. The zero-order chi connectivity index (χ0) is 16.5. The van der Waals surface area contributed by atoms with E-state index in [1.807, 2.05) is 6.92 Å². The van der Waals surface area contributed by atoms with Gasteiger partial charge in [0.05, 0.1) is 4.90 Å². The van der Waals surface area contributed by atoms with Gasteiger partial charge in [-0.15, -0.1) is 0 Å². The Morgan fingerprint density at radius 3 is 2.68 bits per heavy atom. The van der Waals surface area contributed by atoms with Crippen molar-refractivity contribution in [2.45, 2.75) is 37.6 Å². The minimum absolute atomic E-state index is 0.0557. The van der Waals surface area contributed by atoms with Crippen molar-refractivity contribution >= 4 is 15.7 Å². The topological polar surface area (TPSA) is 80.5 Å². The van der Waals surface area contributed by atoms with Gasteiger partial charge < -0.3 is 10.6 Å². The Morgan fingerprint density at radius 2 is 2.09 bits per heavy atom. The van der Waals surface area contributed by atoms with Crippen LogP contribution in [0.25, 0.3) is 0 Å². The molecule has 0 spiro atoms. The van der Waals surface area contributed by atoms with Crippen LogP contribution in [0, 0.1) is 12.8 Å². The Balaban J connectivity index is 2.26. The normalized spacial score (nSPS) is 20.7. The molecule has 2 atom stereocenters. The highest BCUT2D eigenvalue weighted by Gasteiger charge is 2.27. The van der Waals surface area contributed by atoms with Crippen LogP contribution >= 0.6 is 0 Å². The fourth-order valence-corrected chi connectivity index (χ4v) is 3.93. The maximum absolute atomic E-state index is 12.6. The predicted molar refractivity (Wildman–Crippen MR) is 86.6 cm³/mol. The smallest absolute Gasteiger partial charge is 0.253 e. The summed E-state index contributed by atoms with van der Waals surface area (Å²) in [6.07, 6.45) is 3.13. The number of hydrogen-bond acceptors (Lipinski definition) is 4. The van der Waals surface area contributed by atoms with Crippen molar-refractivity contribution in [3.63, 3.8) is 0 Å². The second-order valence-corrected chi connectivity index (χ2v) is 8.25. The molecule has 122 valence electrons. The summed E-state index contributed by atoms with van der Waals surface area (Å²) in [5, 5.41) is 0. The number of likely N-dealkylation sites (tertiary alicyclic amines) is 1. The molecule has 0 radical (unpaired) electrons. The van der Waals surface area contributed by atoms with Crippen molar-refractivity contribution in [2.24, 2.45) is 11.7 Å². The highest BCUT2D eigenvalue weighted by molar-refractivity contribution is 7.90. The number of benzene rings is 1. The number of aryl methyl sites for hydroxylation is 1. The van der Waals surface area contributed by atoms with Crippen LogP contribution in [0.1, 0.15) is 35.7 Å². The molecule has 5 nitrogen and oxygen atoms in total. The van der Waals surface area contributed by atoms with Gasteiger partial charge in [-0.25, -0.2) is 8.42 Å². The quantitative estimate of drug-likeness (QED) is 0.916. The summed E-state index contributed by atoms with van der Waals surface area (Å²) in [5.74, 6) is 0.188. The van der Waals surface area contributed by atoms with Crippen LogP contribution in [-0.4, -0.2) is 44.6 Å². The molecule has 2 N–H and O–H groups in total. The average Bonchev–Trinajstić information content (AvgIpc) is 2.46. The largest absolute Gasteiger partial charge is 0.338 e. The number of carbonyl (C=O) groups is 1. The van der Waals surface area contributed by atoms with Gasteiger partial charge in [0.1, 0.15) is 0 Å². The Morgan fingerprint density at radius 1 is 1.41 bits per heavy atom. The van der Waals surface area contributed by atoms with E-state index in [0.29, 0.717) is 30.1 Å². The van der Waals surface area contributed by atoms with E-state index in [2.05, 4.69) is 0 Å². The maximum atomic E-state index is 12.6. The van der Waals surface area contributed by atoms with Crippen molar-refractivity contribution in [1.82, 2.24) is 4.90 Å². The van der Waals surface area contributed by atoms with E-state index in [1.165, 1.54) is 6.07 Å². The molecule has 1 amide bonds. The van der Waals surface area contributed by atoms with Crippen LogP contribution in [0.3, 0.4) is 0 Å². The van der Waals surface area contributed by atoms with Crippen LogP contribution in [-0.2, 0) is 9.84 Å². The summed E-state index contributed by atoms with van der Waals surface area (Å²) in [7, 11) is -3.34. The van der Waals surface area contributed by atoms with Gasteiger partial charge in [-0.3, -0.25) is 4.79 Å². The van der Waals surface area contributed by atoms with Gasteiger partial charge in [0.2, 0.25) is 0 Å². The Kier molecular flexibility index (Phi) is 4.92. The third-order valence-corrected chi connectivity index (χ3v) is 5.56. The van der Waals surface area contributed by atoms with Gasteiger partial charge >= 0.3 is 0 Å². The van der Waals surface area contributed by atoms with E-state index < -0.39 is 9.84 Å². The lowest BCUT2D eigenvalue weighted by Crippen LogP contribution is -2.45. The van der Waals surface area contributed by atoms with E-state index in [0.717, 1.165) is 19.1 Å². The van der Waals surface area contributed by atoms with Crippen LogP contribution in [0.4, 0.5) is 0 Å². The summed E-state index contributed by atoms with van der Waals surface area (Å²) in [6.45, 7) is 5.03. The summed E-state index contributed by atoms with van der Waals surface area (Å²) in [4.78, 5) is 14.7. The molecule has 0 aliphatic carbocycles. The SMILES string of the molecule is Cc1ccc(C(=O)N2CCCC(C(C)N)C2)cc1S(C)(=O)=O. The molecule has 6 heteroatoms. The number of nitrogens with two attached hydrogens (primary N) is 1. The molecule has 1 saturated heterocycles. The van der Waals surface area contributed by atoms with E-state index in [-0.39, 0.29) is 16.8 Å². The third kappa shape index (κ3) is 3.67. The molecule has 1 aromatic carbocycles. The van der Waals surface area contributed by atoms with E-state index in [1.54, 1.807) is 24.0 Å². The predicted octanol–water partition coefficient (Wildman–Crippen LogP) is 1.60. The number of piperidine rings is 1. The number of sulfone groups is 1. The Bertz CT molecular complexity index is 668. The Labute approximate surface area is 132 Å². The van der Waals surface area contributed by atoms with Crippen LogP contribution in [0.2, 0.25) is 0 Å². The minimum atomic E-state index is -3.34. The van der Waals surface area contributed by atoms with Crippen molar-refractivity contribution in [2.75, 3.05) is 19.3 Å². The van der Waals surface area contributed by atoms with Gasteiger partial charge in [-0.05, 0) is 50.3 Å². The summed E-state index contributed by atoms with van der Waals surface area (Å²) in [6, 6.07) is 4.93. The first-order valence-electron chi connectivity index (χ1n) is 7.55. The van der Waals surface area contributed by atoms with Crippen molar-refractivity contribution in [3.8, 4) is 0 Å².